The number of unbranched alkanes of at least 4 members (excludes halogenated alkanes) is 3. The zero-order chi connectivity index (χ0) is 15.5. The number of aliphatic imine (C=N–C) groups is 1. The van der Waals surface area contributed by atoms with Gasteiger partial charge in [0.15, 0.2) is 0 Å². The van der Waals surface area contributed by atoms with Crippen LogP contribution in [0.15, 0.2) is 10.4 Å². The number of aromatic nitrogens is 1. The van der Waals surface area contributed by atoms with Crippen molar-refractivity contribution in [2.75, 3.05) is 24.8 Å². The van der Waals surface area contributed by atoms with Crippen molar-refractivity contribution in [2.24, 2.45) is 16.5 Å². The predicted molar refractivity (Wildman–Crippen MR) is 85.8 cm³/mol. The molecule has 0 aliphatic carbocycles. The molecule has 0 radical (unpaired) electrons. The minimum atomic E-state index is 0.0434. The first-order valence-corrected chi connectivity index (χ1v) is 8.11. The summed E-state index contributed by atoms with van der Waals surface area (Å²) in [6, 6.07) is 0. The number of guanidine groups is 1. The van der Waals surface area contributed by atoms with E-state index in [9.17, 15) is 5.21 Å². The van der Waals surface area contributed by atoms with Gasteiger partial charge in [0, 0.05) is 18.5 Å². The molecule has 0 unspecified atom stereocenters. The van der Waals surface area contributed by atoms with Crippen LogP contribution in [-0.2, 0) is 6.42 Å². The van der Waals surface area contributed by atoms with Crippen molar-refractivity contribution in [1.82, 2.24) is 4.98 Å². The standard InChI is InChI=1S/C13H25N5O2S/c14-7-3-2-6-11-10-21-13(17-11)18(20)12(15)16-8-4-1-5-9-19/h10,19-20H,1-9,14H2,(H2,15,16). The van der Waals surface area contributed by atoms with Crippen LogP contribution in [0.3, 0.4) is 0 Å². The molecule has 0 saturated carbocycles. The van der Waals surface area contributed by atoms with Gasteiger partial charge < -0.3 is 16.6 Å². The number of aliphatic hydroxyl groups is 1. The number of aliphatic hydroxyl groups excluding tert-OH is 1. The summed E-state index contributed by atoms with van der Waals surface area (Å²) in [6.07, 6.45) is 5.28. The van der Waals surface area contributed by atoms with Crippen molar-refractivity contribution in [3.63, 3.8) is 0 Å². The minimum Gasteiger partial charge on any atom is -0.396 e. The van der Waals surface area contributed by atoms with Gasteiger partial charge in [0.1, 0.15) is 0 Å². The van der Waals surface area contributed by atoms with Crippen molar-refractivity contribution in [1.29, 1.82) is 0 Å². The van der Waals surface area contributed by atoms with E-state index in [0.717, 1.165) is 49.3 Å². The number of anilines is 1. The third-order valence-electron chi connectivity index (χ3n) is 2.91. The first-order valence-electron chi connectivity index (χ1n) is 7.23. The van der Waals surface area contributed by atoms with Crippen molar-refractivity contribution >= 4 is 22.4 Å². The van der Waals surface area contributed by atoms with E-state index < -0.39 is 0 Å². The van der Waals surface area contributed by atoms with Gasteiger partial charge in [0.25, 0.3) is 0 Å². The summed E-state index contributed by atoms with van der Waals surface area (Å²) in [7, 11) is 0. The largest absolute Gasteiger partial charge is 0.396 e. The monoisotopic (exact) mass is 315 g/mol. The van der Waals surface area contributed by atoms with E-state index in [1.54, 1.807) is 0 Å². The lowest BCUT2D eigenvalue weighted by atomic mass is 10.2. The zero-order valence-corrected chi connectivity index (χ0v) is 13.1. The Hall–Kier alpha value is -1.22. The van der Waals surface area contributed by atoms with Gasteiger partial charge in [-0.2, -0.15) is 5.06 Å². The third kappa shape index (κ3) is 6.85. The van der Waals surface area contributed by atoms with Crippen molar-refractivity contribution in [3.8, 4) is 0 Å². The Morgan fingerprint density at radius 3 is 2.81 bits per heavy atom. The summed E-state index contributed by atoms with van der Waals surface area (Å²) in [6.45, 7) is 1.40. The highest BCUT2D eigenvalue weighted by molar-refractivity contribution is 7.13. The molecule has 0 aromatic carbocycles. The van der Waals surface area contributed by atoms with Gasteiger partial charge in [-0.25, -0.2) is 4.98 Å². The topological polar surface area (TPSA) is 121 Å². The average molecular weight is 315 g/mol. The number of hydroxylamine groups is 1. The second kappa shape index (κ2) is 10.5. The highest BCUT2D eigenvalue weighted by Gasteiger charge is 2.12. The molecule has 0 spiro atoms. The summed E-state index contributed by atoms with van der Waals surface area (Å²) in [5.74, 6) is 0.0434. The van der Waals surface area contributed by atoms with Gasteiger partial charge >= 0.3 is 0 Å². The van der Waals surface area contributed by atoms with Gasteiger partial charge in [0.2, 0.25) is 11.1 Å². The molecule has 1 aromatic rings. The first-order chi connectivity index (χ1) is 10.2. The van der Waals surface area contributed by atoms with Crippen molar-refractivity contribution < 1.29 is 10.3 Å². The maximum Gasteiger partial charge on any atom is 0.222 e. The second-order valence-electron chi connectivity index (χ2n) is 4.70. The number of nitrogens with zero attached hydrogens (tertiary/aromatic N) is 3. The Kier molecular flexibility index (Phi) is 8.91. The Balaban J connectivity index is 2.42. The molecule has 1 rings (SSSR count). The number of rotatable bonds is 10. The highest BCUT2D eigenvalue weighted by Crippen LogP contribution is 2.20. The number of aryl methyl sites for hydroxylation is 1. The number of thiazole rings is 1. The molecule has 6 N–H and O–H groups in total. The molecular weight excluding hydrogens is 290 g/mol. The summed E-state index contributed by atoms with van der Waals surface area (Å²) >= 11 is 1.33. The molecule has 21 heavy (non-hydrogen) atoms. The first kappa shape index (κ1) is 17.8. The van der Waals surface area contributed by atoms with Crippen molar-refractivity contribution in [2.45, 2.75) is 38.5 Å². The molecule has 0 saturated heterocycles. The van der Waals surface area contributed by atoms with Crippen LogP contribution in [0.25, 0.3) is 0 Å². The summed E-state index contributed by atoms with van der Waals surface area (Å²) in [5, 5.41) is 21.8. The van der Waals surface area contributed by atoms with Crippen molar-refractivity contribution in [3.05, 3.63) is 11.1 Å². The van der Waals surface area contributed by atoms with Gasteiger partial charge in [-0.3, -0.25) is 10.2 Å². The number of hydrogen-bond donors (Lipinski definition) is 4. The fraction of sp³-hybridized carbons (Fsp3) is 0.692. The summed E-state index contributed by atoms with van der Waals surface area (Å²) < 4.78 is 0. The molecule has 0 aliphatic heterocycles. The van der Waals surface area contributed by atoms with E-state index in [1.807, 2.05) is 5.38 Å². The molecule has 7 nitrogen and oxygen atoms in total. The zero-order valence-electron chi connectivity index (χ0n) is 12.2. The predicted octanol–water partition coefficient (Wildman–Crippen LogP) is 1.10. The molecular formula is C13H25N5O2S. The Morgan fingerprint density at radius 1 is 1.29 bits per heavy atom. The number of hydrogen-bond acceptors (Lipinski definition) is 6. The normalized spacial score (nSPS) is 11.9. The van der Waals surface area contributed by atoms with E-state index in [1.165, 1.54) is 11.3 Å². The molecule has 0 aliphatic rings. The fourth-order valence-electron chi connectivity index (χ4n) is 1.72. The van der Waals surface area contributed by atoms with E-state index in [2.05, 4.69) is 9.98 Å². The Bertz CT molecular complexity index is 424. The maximum absolute atomic E-state index is 9.94. The second-order valence-corrected chi connectivity index (χ2v) is 5.54. The van der Waals surface area contributed by atoms with Gasteiger partial charge in [0.05, 0.1) is 5.69 Å². The van der Waals surface area contributed by atoms with Crippen LogP contribution < -0.4 is 16.5 Å². The van der Waals surface area contributed by atoms with E-state index >= 15 is 0 Å². The van der Waals surface area contributed by atoms with Crippen LogP contribution in [-0.4, -0.2) is 41.0 Å². The lowest BCUT2D eigenvalue weighted by Crippen LogP contribution is -2.34. The summed E-state index contributed by atoms with van der Waals surface area (Å²) in [4.78, 5) is 8.42. The molecule has 8 heteroatoms. The van der Waals surface area contributed by atoms with Crippen LogP contribution in [0.4, 0.5) is 5.13 Å². The van der Waals surface area contributed by atoms with Gasteiger partial charge in [-0.1, -0.05) is 0 Å². The lowest BCUT2D eigenvalue weighted by molar-refractivity contribution is 0.283. The molecule has 0 fully saturated rings. The van der Waals surface area contributed by atoms with Gasteiger partial charge in [-0.15, -0.1) is 11.3 Å². The third-order valence-corrected chi connectivity index (χ3v) is 3.78. The van der Waals surface area contributed by atoms with E-state index in [-0.39, 0.29) is 12.6 Å². The molecule has 120 valence electrons. The minimum absolute atomic E-state index is 0.0434. The lowest BCUT2D eigenvalue weighted by Gasteiger charge is -2.11. The summed E-state index contributed by atoms with van der Waals surface area (Å²) in [5.41, 5.74) is 12.1. The smallest absolute Gasteiger partial charge is 0.222 e. The fourth-order valence-corrected chi connectivity index (χ4v) is 2.49. The molecule has 1 heterocycles. The molecule has 0 bridgehead atoms. The maximum atomic E-state index is 9.94. The van der Waals surface area contributed by atoms with Crippen LogP contribution in [0, 0.1) is 0 Å². The molecule has 0 amide bonds. The molecule has 0 atom stereocenters. The Morgan fingerprint density at radius 2 is 2.10 bits per heavy atom. The number of nitrogens with two attached hydrogens (primary N) is 2. The quantitative estimate of drug-likeness (QED) is 0.222. The molecule has 1 aromatic heterocycles. The average Bonchev–Trinajstić information content (AvgIpc) is 2.95. The van der Waals surface area contributed by atoms with E-state index in [4.69, 9.17) is 16.6 Å². The van der Waals surface area contributed by atoms with Gasteiger partial charge in [-0.05, 0) is 45.1 Å². The highest BCUT2D eigenvalue weighted by atomic mass is 32.1. The van der Waals surface area contributed by atoms with Crippen LogP contribution >= 0.6 is 11.3 Å². The van der Waals surface area contributed by atoms with Crippen LogP contribution in [0.1, 0.15) is 37.8 Å². The van der Waals surface area contributed by atoms with Crippen LogP contribution in [0.2, 0.25) is 0 Å². The van der Waals surface area contributed by atoms with Crippen LogP contribution in [0.5, 0.6) is 0 Å². The SMILES string of the molecule is NCCCCc1csc(N(O)C(N)=NCCCCCO)n1. The van der Waals surface area contributed by atoms with E-state index in [0.29, 0.717) is 18.2 Å². The Labute approximate surface area is 129 Å².